The van der Waals surface area contributed by atoms with E-state index in [4.69, 9.17) is 0 Å². The van der Waals surface area contributed by atoms with Crippen molar-refractivity contribution < 1.29 is 9.59 Å². The van der Waals surface area contributed by atoms with Crippen LogP contribution in [0.3, 0.4) is 0 Å². The average Bonchev–Trinajstić information content (AvgIpc) is 2.78. The van der Waals surface area contributed by atoms with Gasteiger partial charge in [-0.05, 0) is 67.9 Å². The molecule has 2 aromatic rings. The molecule has 32 heavy (non-hydrogen) atoms. The number of carbonyl (C=O) groups excluding carboxylic acids is 2. The second-order valence-corrected chi connectivity index (χ2v) is 9.90. The number of rotatable bonds is 4. The summed E-state index contributed by atoms with van der Waals surface area (Å²) in [6, 6.07) is 13.1. The molecule has 5 rings (SSSR count). The second-order valence-electron chi connectivity index (χ2n) is 9.90. The van der Waals surface area contributed by atoms with E-state index in [1.807, 2.05) is 13.1 Å². The third-order valence-electron chi connectivity index (χ3n) is 7.77. The standard InChI is InChI=1S/C26H32N4O2/c1-18-3-4-21(15-27-18)19(2)30-16-26(17-30)11-13-29(14-12-26)22-7-5-20(6-8-22)23-9-10-24(31)28-25(23)32/h3-8,15,19,23H,9-14,16-17H2,1-2H3,(H,28,31,32)/t19-,23-/m0/s1. The SMILES string of the molecule is Cc1ccc([C@H](C)N2CC3(CCN(c4ccc([C@@H]5CCC(=O)NC5=O)cc4)CC3)C2)cn1. The van der Waals surface area contributed by atoms with E-state index in [0.29, 0.717) is 24.3 Å². The van der Waals surface area contributed by atoms with E-state index in [2.05, 4.69) is 63.4 Å². The highest BCUT2D eigenvalue weighted by atomic mass is 16.2. The molecule has 3 aliphatic rings. The summed E-state index contributed by atoms with van der Waals surface area (Å²) in [5.41, 5.74) is 5.06. The van der Waals surface area contributed by atoms with Gasteiger partial charge < -0.3 is 4.90 Å². The summed E-state index contributed by atoms with van der Waals surface area (Å²) in [6.07, 6.45) is 5.48. The fourth-order valence-electron chi connectivity index (χ4n) is 5.51. The van der Waals surface area contributed by atoms with Gasteiger partial charge in [0.15, 0.2) is 0 Å². The van der Waals surface area contributed by atoms with Gasteiger partial charge in [-0.25, -0.2) is 0 Å². The van der Waals surface area contributed by atoms with E-state index in [-0.39, 0.29) is 17.7 Å². The first-order chi connectivity index (χ1) is 15.4. The van der Waals surface area contributed by atoms with Crippen LogP contribution in [-0.2, 0) is 9.59 Å². The van der Waals surface area contributed by atoms with Crippen LogP contribution >= 0.6 is 0 Å². The maximum absolute atomic E-state index is 12.1. The molecule has 1 spiro atoms. The zero-order valence-electron chi connectivity index (χ0n) is 19.0. The molecule has 2 amide bonds. The molecule has 3 fully saturated rings. The minimum Gasteiger partial charge on any atom is -0.371 e. The van der Waals surface area contributed by atoms with Crippen LogP contribution < -0.4 is 10.2 Å². The monoisotopic (exact) mass is 432 g/mol. The highest BCUT2D eigenvalue weighted by Crippen LogP contribution is 2.44. The summed E-state index contributed by atoms with van der Waals surface area (Å²) in [4.78, 5) is 33.0. The molecule has 0 aliphatic carbocycles. The predicted octanol–water partition coefficient (Wildman–Crippen LogP) is 3.57. The van der Waals surface area contributed by atoms with E-state index in [1.54, 1.807) is 0 Å². The molecule has 6 heteroatoms. The van der Waals surface area contributed by atoms with Crippen LogP contribution in [0.2, 0.25) is 0 Å². The van der Waals surface area contributed by atoms with E-state index < -0.39 is 0 Å². The average molecular weight is 433 g/mol. The topological polar surface area (TPSA) is 65.5 Å². The summed E-state index contributed by atoms with van der Waals surface area (Å²) in [6.45, 7) is 8.81. The van der Waals surface area contributed by atoms with Gasteiger partial charge in [-0.1, -0.05) is 18.2 Å². The third-order valence-corrected chi connectivity index (χ3v) is 7.77. The Bertz CT molecular complexity index is 985. The zero-order valence-corrected chi connectivity index (χ0v) is 19.0. The lowest BCUT2D eigenvalue weighted by Crippen LogP contribution is -2.60. The van der Waals surface area contributed by atoms with Gasteiger partial charge in [-0.15, -0.1) is 0 Å². The molecule has 6 nitrogen and oxygen atoms in total. The maximum atomic E-state index is 12.1. The van der Waals surface area contributed by atoms with Crippen molar-refractivity contribution in [1.82, 2.24) is 15.2 Å². The maximum Gasteiger partial charge on any atom is 0.234 e. The smallest absolute Gasteiger partial charge is 0.234 e. The molecule has 1 aromatic heterocycles. The normalized spacial score (nSPS) is 24.2. The lowest BCUT2D eigenvalue weighted by Gasteiger charge is -2.56. The summed E-state index contributed by atoms with van der Waals surface area (Å²) < 4.78 is 0. The van der Waals surface area contributed by atoms with Crippen LogP contribution in [0, 0.1) is 12.3 Å². The number of pyridine rings is 1. The second kappa shape index (κ2) is 8.32. The van der Waals surface area contributed by atoms with Crippen molar-refractivity contribution >= 4 is 17.5 Å². The number of nitrogens with zero attached hydrogens (tertiary/aromatic N) is 3. The molecular formula is C26H32N4O2. The number of hydrogen-bond donors (Lipinski definition) is 1. The molecule has 0 radical (unpaired) electrons. The number of carbonyl (C=O) groups is 2. The quantitative estimate of drug-likeness (QED) is 0.749. The Morgan fingerprint density at radius 3 is 2.41 bits per heavy atom. The highest BCUT2D eigenvalue weighted by Gasteiger charge is 2.46. The van der Waals surface area contributed by atoms with Crippen molar-refractivity contribution in [2.45, 2.75) is 51.5 Å². The molecule has 3 aliphatic heterocycles. The molecule has 1 aromatic carbocycles. The number of nitrogens with one attached hydrogen (secondary N) is 1. The van der Waals surface area contributed by atoms with Crippen molar-refractivity contribution in [2.24, 2.45) is 5.41 Å². The number of imide groups is 1. The fraction of sp³-hybridized carbons (Fsp3) is 0.500. The van der Waals surface area contributed by atoms with Gasteiger partial charge in [-0.3, -0.25) is 24.8 Å². The van der Waals surface area contributed by atoms with Crippen molar-refractivity contribution in [3.8, 4) is 0 Å². The van der Waals surface area contributed by atoms with E-state index in [1.165, 1.54) is 37.2 Å². The molecule has 0 bridgehead atoms. The number of benzene rings is 1. The number of amides is 2. The fourth-order valence-corrected chi connectivity index (χ4v) is 5.51. The van der Waals surface area contributed by atoms with E-state index in [9.17, 15) is 9.59 Å². The number of aromatic nitrogens is 1. The van der Waals surface area contributed by atoms with Crippen LogP contribution in [0.15, 0.2) is 42.6 Å². The first kappa shape index (κ1) is 21.1. The Kier molecular flexibility index (Phi) is 5.49. The predicted molar refractivity (Wildman–Crippen MR) is 124 cm³/mol. The van der Waals surface area contributed by atoms with Crippen molar-refractivity contribution in [2.75, 3.05) is 31.1 Å². The zero-order chi connectivity index (χ0) is 22.3. The molecule has 3 saturated heterocycles. The molecular weight excluding hydrogens is 400 g/mol. The number of hydrogen-bond acceptors (Lipinski definition) is 5. The summed E-state index contributed by atoms with van der Waals surface area (Å²) in [5.74, 6) is -0.540. The highest BCUT2D eigenvalue weighted by molar-refractivity contribution is 6.00. The van der Waals surface area contributed by atoms with Crippen molar-refractivity contribution in [3.05, 3.63) is 59.4 Å². The van der Waals surface area contributed by atoms with Crippen LogP contribution in [-0.4, -0.2) is 47.9 Å². The van der Waals surface area contributed by atoms with E-state index in [0.717, 1.165) is 24.3 Å². The van der Waals surface area contributed by atoms with Gasteiger partial charge in [-0.2, -0.15) is 0 Å². The van der Waals surface area contributed by atoms with Crippen molar-refractivity contribution in [1.29, 1.82) is 0 Å². The Balaban J connectivity index is 1.15. The Labute approximate surface area is 190 Å². The first-order valence-corrected chi connectivity index (χ1v) is 11.8. The molecule has 0 saturated carbocycles. The first-order valence-electron chi connectivity index (χ1n) is 11.8. The number of piperidine rings is 2. The minimum absolute atomic E-state index is 0.162. The molecule has 168 valence electrons. The number of aryl methyl sites for hydroxylation is 1. The summed E-state index contributed by atoms with van der Waals surface area (Å²) in [5, 5.41) is 2.46. The lowest BCUT2D eigenvalue weighted by atomic mass is 9.71. The van der Waals surface area contributed by atoms with E-state index >= 15 is 0 Å². The number of likely N-dealkylation sites (tertiary alicyclic amines) is 1. The molecule has 4 heterocycles. The van der Waals surface area contributed by atoms with Gasteiger partial charge in [0.2, 0.25) is 11.8 Å². The Morgan fingerprint density at radius 1 is 1.06 bits per heavy atom. The summed E-state index contributed by atoms with van der Waals surface area (Å²) >= 11 is 0. The lowest BCUT2D eigenvalue weighted by molar-refractivity contribution is -0.134. The Hall–Kier alpha value is -2.73. The van der Waals surface area contributed by atoms with Gasteiger partial charge in [0.05, 0.1) is 5.92 Å². The summed E-state index contributed by atoms with van der Waals surface area (Å²) in [7, 11) is 0. The van der Waals surface area contributed by atoms with Crippen LogP contribution in [0.25, 0.3) is 0 Å². The molecule has 1 N–H and O–H groups in total. The minimum atomic E-state index is -0.210. The van der Waals surface area contributed by atoms with Crippen LogP contribution in [0.4, 0.5) is 5.69 Å². The van der Waals surface area contributed by atoms with Crippen LogP contribution in [0.5, 0.6) is 0 Å². The third kappa shape index (κ3) is 4.04. The number of anilines is 1. The van der Waals surface area contributed by atoms with Gasteiger partial charge in [0.25, 0.3) is 0 Å². The van der Waals surface area contributed by atoms with Crippen molar-refractivity contribution in [3.63, 3.8) is 0 Å². The van der Waals surface area contributed by atoms with Gasteiger partial charge in [0.1, 0.15) is 0 Å². The Morgan fingerprint density at radius 2 is 1.78 bits per heavy atom. The van der Waals surface area contributed by atoms with Gasteiger partial charge in [0, 0.05) is 56.2 Å². The molecule has 0 unspecified atom stereocenters. The van der Waals surface area contributed by atoms with Crippen LogP contribution in [0.1, 0.15) is 61.4 Å². The largest absolute Gasteiger partial charge is 0.371 e. The molecule has 2 atom stereocenters. The van der Waals surface area contributed by atoms with Gasteiger partial charge >= 0.3 is 0 Å².